The fourth-order valence-electron chi connectivity index (χ4n) is 1.77. The highest BCUT2D eigenvalue weighted by Crippen LogP contribution is 2.22. The van der Waals surface area contributed by atoms with Crippen molar-refractivity contribution in [2.45, 2.75) is 32.7 Å². The molecule has 0 aromatic heterocycles. The molecule has 108 valence electrons. The number of halogens is 2. The predicted octanol–water partition coefficient (Wildman–Crippen LogP) is 3.31. The topological polar surface area (TPSA) is 55.1 Å². The second-order valence-electron chi connectivity index (χ2n) is 4.85. The summed E-state index contributed by atoms with van der Waals surface area (Å²) in [5, 5.41) is 3.65. The Balaban J connectivity index is 0.00000324. The molecule has 1 aromatic rings. The van der Waals surface area contributed by atoms with Gasteiger partial charge in [0.1, 0.15) is 0 Å². The van der Waals surface area contributed by atoms with Crippen LogP contribution in [0.4, 0.5) is 0 Å². The first-order valence-corrected chi connectivity index (χ1v) is 6.65. The zero-order valence-electron chi connectivity index (χ0n) is 11.4. The van der Waals surface area contributed by atoms with E-state index >= 15 is 0 Å². The molecule has 0 bridgehead atoms. The molecule has 1 aromatic carbocycles. The molecule has 3 nitrogen and oxygen atoms in total. The third-order valence-corrected chi connectivity index (χ3v) is 3.08. The summed E-state index contributed by atoms with van der Waals surface area (Å²) in [6, 6.07) is 7.59. The van der Waals surface area contributed by atoms with E-state index in [4.69, 9.17) is 17.3 Å². The average molecular weight is 305 g/mol. The van der Waals surface area contributed by atoms with E-state index in [2.05, 4.69) is 19.2 Å². The van der Waals surface area contributed by atoms with Crippen LogP contribution in [0, 0.1) is 5.92 Å². The Morgan fingerprint density at radius 3 is 2.32 bits per heavy atom. The van der Waals surface area contributed by atoms with Gasteiger partial charge in [0, 0.05) is 5.02 Å². The van der Waals surface area contributed by atoms with Gasteiger partial charge >= 0.3 is 0 Å². The van der Waals surface area contributed by atoms with Crippen LogP contribution in [0.15, 0.2) is 24.3 Å². The van der Waals surface area contributed by atoms with Gasteiger partial charge < -0.3 is 11.1 Å². The first-order chi connectivity index (χ1) is 8.52. The van der Waals surface area contributed by atoms with Crippen molar-refractivity contribution in [3.63, 3.8) is 0 Å². The van der Waals surface area contributed by atoms with Crippen molar-refractivity contribution < 1.29 is 4.79 Å². The van der Waals surface area contributed by atoms with Crippen molar-refractivity contribution in [1.29, 1.82) is 0 Å². The average Bonchev–Trinajstić information content (AvgIpc) is 2.35. The summed E-state index contributed by atoms with van der Waals surface area (Å²) in [6.45, 7) is 4.36. The van der Waals surface area contributed by atoms with Crippen LogP contribution in [-0.2, 0) is 4.79 Å². The molecule has 0 saturated carbocycles. The monoisotopic (exact) mass is 304 g/mol. The molecule has 0 radical (unpaired) electrons. The Morgan fingerprint density at radius 2 is 1.84 bits per heavy atom. The first kappa shape index (κ1) is 18.2. The minimum Gasteiger partial charge on any atom is -0.348 e. The minimum absolute atomic E-state index is 0. The number of nitrogens with two attached hydrogens (primary N) is 1. The number of hydrogen-bond acceptors (Lipinski definition) is 2. The molecule has 0 aliphatic carbocycles. The third kappa shape index (κ3) is 6.81. The summed E-state index contributed by atoms with van der Waals surface area (Å²) in [5.41, 5.74) is 6.42. The van der Waals surface area contributed by atoms with Gasteiger partial charge in [-0.25, -0.2) is 0 Å². The summed E-state index contributed by atoms with van der Waals surface area (Å²) < 4.78 is 0. The van der Waals surface area contributed by atoms with Crippen molar-refractivity contribution in [2.24, 2.45) is 11.7 Å². The SMILES string of the molecule is CC(C)CCC(NC(=O)CN)c1ccc(Cl)cc1.Cl. The Morgan fingerprint density at radius 1 is 1.26 bits per heavy atom. The molecule has 1 atom stereocenters. The molecule has 0 aliphatic rings. The second-order valence-corrected chi connectivity index (χ2v) is 5.28. The van der Waals surface area contributed by atoms with Crippen molar-refractivity contribution in [3.05, 3.63) is 34.9 Å². The molecular formula is C14H22Cl2N2O. The van der Waals surface area contributed by atoms with E-state index in [0.29, 0.717) is 10.9 Å². The summed E-state index contributed by atoms with van der Waals surface area (Å²) in [5.74, 6) is 0.480. The van der Waals surface area contributed by atoms with Crippen LogP contribution in [0.5, 0.6) is 0 Å². The lowest BCUT2D eigenvalue weighted by molar-refractivity contribution is -0.120. The lowest BCUT2D eigenvalue weighted by atomic mass is 9.97. The van der Waals surface area contributed by atoms with Gasteiger partial charge in [0.05, 0.1) is 12.6 Å². The number of nitrogens with one attached hydrogen (secondary N) is 1. The zero-order valence-corrected chi connectivity index (χ0v) is 12.9. The first-order valence-electron chi connectivity index (χ1n) is 6.27. The maximum absolute atomic E-state index is 11.4. The molecule has 0 heterocycles. The molecule has 1 rings (SSSR count). The molecule has 0 saturated heterocycles. The molecule has 0 spiro atoms. The Labute approximate surface area is 126 Å². The lowest BCUT2D eigenvalue weighted by Gasteiger charge is -2.20. The van der Waals surface area contributed by atoms with Crippen molar-refractivity contribution >= 4 is 29.9 Å². The van der Waals surface area contributed by atoms with Crippen LogP contribution in [-0.4, -0.2) is 12.5 Å². The van der Waals surface area contributed by atoms with E-state index < -0.39 is 0 Å². The van der Waals surface area contributed by atoms with Crippen LogP contribution >= 0.6 is 24.0 Å². The maximum Gasteiger partial charge on any atom is 0.234 e. The molecule has 1 amide bonds. The van der Waals surface area contributed by atoms with Gasteiger partial charge in [0.2, 0.25) is 5.91 Å². The van der Waals surface area contributed by atoms with Crippen molar-refractivity contribution in [1.82, 2.24) is 5.32 Å². The van der Waals surface area contributed by atoms with Crippen LogP contribution in [0.2, 0.25) is 5.02 Å². The minimum atomic E-state index is -0.126. The van der Waals surface area contributed by atoms with E-state index in [-0.39, 0.29) is 30.9 Å². The highest BCUT2D eigenvalue weighted by Gasteiger charge is 2.14. The van der Waals surface area contributed by atoms with Gasteiger partial charge in [-0.1, -0.05) is 37.6 Å². The molecule has 0 fully saturated rings. The van der Waals surface area contributed by atoms with Gasteiger partial charge in [-0.05, 0) is 36.5 Å². The van der Waals surface area contributed by atoms with Crippen molar-refractivity contribution in [2.75, 3.05) is 6.54 Å². The lowest BCUT2D eigenvalue weighted by Crippen LogP contribution is -2.33. The smallest absolute Gasteiger partial charge is 0.234 e. The molecular weight excluding hydrogens is 283 g/mol. The quantitative estimate of drug-likeness (QED) is 0.847. The summed E-state index contributed by atoms with van der Waals surface area (Å²) in [4.78, 5) is 11.4. The van der Waals surface area contributed by atoms with Crippen LogP contribution in [0.3, 0.4) is 0 Å². The van der Waals surface area contributed by atoms with Crippen LogP contribution in [0.1, 0.15) is 38.3 Å². The van der Waals surface area contributed by atoms with E-state index in [1.54, 1.807) is 0 Å². The fourth-order valence-corrected chi connectivity index (χ4v) is 1.90. The standard InChI is InChI=1S/C14H21ClN2O.ClH/c1-10(2)3-8-13(17-14(18)9-16)11-4-6-12(15)7-5-11;/h4-7,10,13H,3,8-9,16H2,1-2H3,(H,17,18);1H. The fraction of sp³-hybridized carbons (Fsp3) is 0.500. The Bertz CT molecular complexity index is 380. The van der Waals surface area contributed by atoms with E-state index in [1.165, 1.54) is 0 Å². The largest absolute Gasteiger partial charge is 0.348 e. The molecule has 0 aliphatic heterocycles. The highest BCUT2D eigenvalue weighted by molar-refractivity contribution is 6.30. The summed E-state index contributed by atoms with van der Waals surface area (Å²) in [6.07, 6.45) is 1.96. The number of rotatable bonds is 6. The molecule has 3 N–H and O–H groups in total. The third-order valence-electron chi connectivity index (χ3n) is 2.83. The molecule has 5 heteroatoms. The summed E-state index contributed by atoms with van der Waals surface area (Å²) in [7, 11) is 0. The van der Waals surface area contributed by atoms with E-state index in [9.17, 15) is 4.79 Å². The number of hydrogen-bond donors (Lipinski definition) is 2. The predicted molar refractivity (Wildman–Crippen MR) is 82.7 cm³/mol. The number of carbonyl (C=O) groups excluding carboxylic acids is 1. The Kier molecular flexibility index (Phi) is 8.81. The van der Waals surface area contributed by atoms with Crippen LogP contribution < -0.4 is 11.1 Å². The van der Waals surface area contributed by atoms with Gasteiger partial charge in [0.15, 0.2) is 0 Å². The zero-order chi connectivity index (χ0) is 13.5. The number of carbonyl (C=O) groups is 1. The molecule has 19 heavy (non-hydrogen) atoms. The number of benzene rings is 1. The van der Waals surface area contributed by atoms with Gasteiger partial charge in [-0.3, -0.25) is 4.79 Å². The normalized spacial score (nSPS) is 11.8. The second kappa shape index (κ2) is 9.18. The van der Waals surface area contributed by atoms with Crippen molar-refractivity contribution in [3.8, 4) is 0 Å². The maximum atomic E-state index is 11.4. The van der Waals surface area contributed by atoms with E-state index in [1.807, 2.05) is 24.3 Å². The molecule has 1 unspecified atom stereocenters. The number of amides is 1. The highest BCUT2D eigenvalue weighted by atomic mass is 35.5. The van der Waals surface area contributed by atoms with E-state index in [0.717, 1.165) is 18.4 Å². The van der Waals surface area contributed by atoms with Gasteiger partial charge in [-0.15, -0.1) is 12.4 Å². The Hall–Kier alpha value is -0.770. The summed E-state index contributed by atoms with van der Waals surface area (Å²) >= 11 is 5.87. The van der Waals surface area contributed by atoms with Gasteiger partial charge in [0.25, 0.3) is 0 Å². The van der Waals surface area contributed by atoms with Crippen LogP contribution in [0.25, 0.3) is 0 Å². The van der Waals surface area contributed by atoms with Gasteiger partial charge in [-0.2, -0.15) is 0 Å².